The van der Waals surface area contributed by atoms with E-state index in [1.165, 1.54) is 22.8 Å². The number of nitrogens with one attached hydrogen (secondary N) is 1. The van der Waals surface area contributed by atoms with Gasteiger partial charge in [-0.1, -0.05) is 18.2 Å². The fourth-order valence-corrected chi connectivity index (χ4v) is 2.61. The first-order valence-electron chi connectivity index (χ1n) is 7.94. The summed E-state index contributed by atoms with van der Waals surface area (Å²) in [5, 5.41) is 13.1. The molecule has 0 bridgehead atoms. The fourth-order valence-electron chi connectivity index (χ4n) is 2.61. The molecule has 3 heterocycles. The molecule has 0 atom stereocenters. The summed E-state index contributed by atoms with van der Waals surface area (Å²) in [6, 6.07) is 11.6. The molecule has 130 valence electrons. The maximum atomic E-state index is 11.9. The van der Waals surface area contributed by atoms with Gasteiger partial charge < -0.3 is 4.90 Å². The van der Waals surface area contributed by atoms with E-state index in [9.17, 15) is 9.18 Å². The fraction of sp³-hybridized carbons (Fsp3) is 0.235. The van der Waals surface area contributed by atoms with Crippen LogP contribution < -0.4 is 10.4 Å². The van der Waals surface area contributed by atoms with Crippen molar-refractivity contribution in [2.45, 2.75) is 12.8 Å². The molecule has 1 fully saturated rings. The molecular weight excluding hydrogens is 325 g/mol. The minimum Gasteiger partial charge on any atom is -0.355 e. The van der Waals surface area contributed by atoms with Crippen molar-refractivity contribution < 1.29 is 14.4 Å². The number of amides is 1. The van der Waals surface area contributed by atoms with Gasteiger partial charge in [-0.15, -0.1) is 5.10 Å². The Kier molecular flexibility index (Phi) is 5.20. The number of fused-ring (bicyclic) bond motifs is 1. The zero-order valence-corrected chi connectivity index (χ0v) is 13.5. The number of anilines is 1. The van der Waals surface area contributed by atoms with Gasteiger partial charge in [-0.2, -0.15) is 0 Å². The summed E-state index contributed by atoms with van der Waals surface area (Å²) < 4.78 is 13.4. The number of carbonyl (C=O) groups excluding carboxylic acids is 1. The van der Waals surface area contributed by atoms with Crippen LogP contribution in [0.5, 0.6) is 0 Å². The number of imidazole rings is 1. The van der Waals surface area contributed by atoms with E-state index in [0.717, 1.165) is 31.7 Å². The Balaban J connectivity index is 0.000000219. The number of hydrogen-bond acceptors (Lipinski definition) is 5. The van der Waals surface area contributed by atoms with Gasteiger partial charge in [-0.25, -0.2) is 19.4 Å². The van der Waals surface area contributed by atoms with Crippen LogP contribution in [0.3, 0.4) is 0 Å². The number of aromatic nitrogens is 3. The number of carbonyl (C=O) groups is 1. The molecule has 4 rings (SSSR count). The number of benzene rings is 1. The highest BCUT2D eigenvalue weighted by Crippen LogP contribution is 2.18. The highest BCUT2D eigenvalue weighted by Gasteiger charge is 2.17. The summed E-state index contributed by atoms with van der Waals surface area (Å²) in [6.45, 7) is 1.96. The summed E-state index contributed by atoms with van der Waals surface area (Å²) in [4.78, 5) is 17.7. The molecule has 0 aliphatic carbocycles. The van der Waals surface area contributed by atoms with Crippen molar-refractivity contribution >= 4 is 17.4 Å². The van der Waals surface area contributed by atoms with Gasteiger partial charge in [0.15, 0.2) is 11.3 Å². The van der Waals surface area contributed by atoms with E-state index in [1.807, 2.05) is 12.1 Å². The molecule has 2 aromatic heterocycles. The first-order chi connectivity index (χ1) is 12.2. The van der Waals surface area contributed by atoms with Gasteiger partial charge in [-0.3, -0.25) is 10.0 Å². The Labute approximate surface area is 143 Å². The van der Waals surface area contributed by atoms with Crippen LogP contribution in [0, 0.1) is 5.82 Å². The van der Waals surface area contributed by atoms with E-state index in [2.05, 4.69) is 15.0 Å². The van der Waals surface area contributed by atoms with E-state index in [0.29, 0.717) is 5.65 Å². The molecule has 1 amide bonds. The molecule has 0 radical (unpaired) electrons. The van der Waals surface area contributed by atoms with E-state index in [1.54, 1.807) is 23.7 Å². The third-order valence-corrected chi connectivity index (χ3v) is 3.85. The van der Waals surface area contributed by atoms with Crippen LogP contribution in [0.1, 0.15) is 23.3 Å². The Morgan fingerprint density at radius 1 is 1.12 bits per heavy atom. The number of hydrogen-bond donors (Lipinski definition) is 2. The molecular formula is C17H18FN5O2. The lowest BCUT2D eigenvalue weighted by Gasteiger charge is -2.15. The second-order valence-corrected chi connectivity index (χ2v) is 5.54. The summed E-state index contributed by atoms with van der Waals surface area (Å²) in [5.41, 5.74) is 2.39. The molecule has 0 saturated carbocycles. The van der Waals surface area contributed by atoms with Crippen molar-refractivity contribution in [3.05, 3.63) is 60.2 Å². The molecule has 1 aromatic carbocycles. The van der Waals surface area contributed by atoms with Gasteiger partial charge in [0.1, 0.15) is 11.6 Å². The predicted molar refractivity (Wildman–Crippen MR) is 90.1 cm³/mol. The Hall–Kier alpha value is -3.00. The molecule has 3 aromatic rings. The quantitative estimate of drug-likeness (QED) is 0.551. The van der Waals surface area contributed by atoms with E-state index in [-0.39, 0.29) is 11.5 Å². The van der Waals surface area contributed by atoms with Crippen molar-refractivity contribution in [3.63, 3.8) is 0 Å². The number of halogens is 1. The van der Waals surface area contributed by atoms with Gasteiger partial charge in [0, 0.05) is 13.1 Å². The van der Waals surface area contributed by atoms with Crippen LogP contribution in [0.4, 0.5) is 10.2 Å². The van der Waals surface area contributed by atoms with Crippen molar-refractivity contribution in [2.75, 3.05) is 18.0 Å². The molecule has 25 heavy (non-hydrogen) atoms. The highest BCUT2D eigenvalue weighted by molar-refractivity contribution is 5.92. The summed E-state index contributed by atoms with van der Waals surface area (Å²) in [6.07, 6.45) is 3.71. The standard InChI is InChI=1S/C11H13N5O2.C6H5F/c17-11(14-18)8-7-12-9-3-4-10(13-16(8)9)15-5-1-2-6-15;7-6-4-2-1-3-5-6/h3-4,7,18H,1-2,5-6H2,(H,14,17);1-5H. The maximum Gasteiger partial charge on any atom is 0.294 e. The van der Waals surface area contributed by atoms with Crippen molar-refractivity contribution in [1.82, 2.24) is 20.1 Å². The first kappa shape index (κ1) is 16.8. The summed E-state index contributed by atoms with van der Waals surface area (Å²) in [7, 11) is 0. The van der Waals surface area contributed by atoms with Crippen LogP contribution in [0.25, 0.3) is 5.65 Å². The maximum absolute atomic E-state index is 11.9. The van der Waals surface area contributed by atoms with Gasteiger partial charge in [0.05, 0.1) is 6.20 Å². The molecule has 0 unspecified atom stereocenters. The van der Waals surface area contributed by atoms with Crippen molar-refractivity contribution in [3.8, 4) is 0 Å². The number of hydroxylamine groups is 1. The van der Waals surface area contributed by atoms with Crippen LogP contribution in [0.2, 0.25) is 0 Å². The lowest BCUT2D eigenvalue weighted by atomic mass is 10.4. The van der Waals surface area contributed by atoms with Crippen LogP contribution in [0.15, 0.2) is 48.7 Å². The van der Waals surface area contributed by atoms with Gasteiger partial charge >= 0.3 is 0 Å². The second-order valence-electron chi connectivity index (χ2n) is 5.54. The van der Waals surface area contributed by atoms with E-state index < -0.39 is 5.91 Å². The number of nitrogens with zero attached hydrogens (tertiary/aromatic N) is 4. The molecule has 0 spiro atoms. The van der Waals surface area contributed by atoms with Crippen LogP contribution in [-0.4, -0.2) is 38.8 Å². The monoisotopic (exact) mass is 343 g/mol. The van der Waals surface area contributed by atoms with Gasteiger partial charge in [0.2, 0.25) is 0 Å². The summed E-state index contributed by atoms with van der Waals surface area (Å²) in [5.74, 6) is 0.0288. The Morgan fingerprint density at radius 3 is 2.44 bits per heavy atom. The normalized spacial score (nSPS) is 13.4. The zero-order valence-electron chi connectivity index (χ0n) is 13.5. The average molecular weight is 343 g/mol. The first-order valence-corrected chi connectivity index (χ1v) is 7.94. The topological polar surface area (TPSA) is 82.8 Å². The SMILES string of the molecule is Fc1ccccc1.O=C(NO)c1cnc2ccc(N3CCCC3)nn12. The molecule has 2 N–H and O–H groups in total. The van der Waals surface area contributed by atoms with Gasteiger partial charge in [-0.05, 0) is 37.1 Å². The third kappa shape index (κ3) is 3.92. The summed E-state index contributed by atoms with van der Waals surface area (Å²) >= 11 is 0. The zero-order chi connectivity index (χ0) is 17.6. The molecule has 1 aliphatic rings. The second kappa shape index (κ2) is 7.71. The molecule has 1 saturated heterocycles. The molecule has 7 nitrogen and oxygen atoms in total. The lowest BCUT2D eigenvalue weighted by Crippen LogP contribution is -2.23. The number of rotatable bonds is 2. The lowest BCUT2D eigenvalue weighted by molar-refractivity contribution is 0.0698. The predicted octanol–water partition coefficient (Wildman–Crippen LogP) is 2.27. The van der Waals surface area contributed by atoms with E-state index >= 15 is 0 Å². The average Bonchev–Trinajstić information content (AvgIpc) is 3.31. The van der Waals surface area contributed by atoms with Crippen LogP contribution in [-0.2, 0) is 0 Å². The highest BCUT2D eigenvalue weighted by atomic mass is 19.1. The van der Waals surface area contributed by atoms with Crippen molar-refractivity contribution in [2.24, 2.45) is 0 Å². The minimum atomic E-state index is -0.617. The molecule has 1 aliphatic heterocycles. The third-order valence-electron chi connectivity index (χ3n) is 3.85. The Bertz CT molecular complexity index is 847. The van der Waals surface area contributed by atoms with Crippen LogP contribution >= 0.6 is 0 Å². The molecule has 8 heteroatoms. The smallest absolute Gasteiger partial charge is 0.294 e. The Morgan fingerprint density at radius 2 is 1.84 bits per heavy atom. The van der Waals surface area contributed by atoms with E-state index in [4.69, 9.17) is 5.21 Å². The van der Waals surface area contributed by atoms with Gasteiger partial charge in [0.25, 0.3) is 5.91 Å². The van der Waals surface area contributed by atoms with Crippen molar-refractivity contribution in [1.29, 1.82) is 0 Å². The minimum absolute atomic E-state index is 0.178. The largest absolute Gasteiger partial charge is 0.355 e.